The third-order valence-electron chi connectivity index (χ3n) is 6.43. The molecule has 3 aliphatic rings. The van der Waals surface area contributed by atoms with Gasteiger partial charge in [-0.1, -0.05) is 36.4 Å². The molecule has 0 unspecified atom stereocenters. The van der Waals surface area contributed by atoms with Crippen molar-refractivity contribution >= 4 is 33.1 Å². The Hall–Kier alpha value is -3.24. The van der Waals surface area contributed by atoms with Gasteiger partial charge in [-0.15, -0.1) is 0 Å². The number of carbonyl (C=O) groups excluding carboxylic acids is 1. The van der Waals surface area contributed by atoms with Crippen molar-refractivity contribution in [1.29, 1.82) is 0 Å². The van der Waals surface area contributed by atoms with E-state index in [-0.39, 0.29) is 29.9 Å². The van der Waals surface area contributed by atoms with Gasteiger partial charge in [0, 0.05) is 18.0 Å². The number of aromatic amines is 1. The molecule has 2 aromatic carbocycles. The fourth-order valence-electron chi connectivity index (χ4n) is 4.82. The molecular formula is C24H28N4O5S. The van der Waals surface area contributed by atoms with Crippen molar-refractivity contribution in [2.75, 3.05) is 19.6 Å². The normalized spacial score (nSPS) is 21.5. The van der Waals surface area contributed by atoms with Crippen LogP contribution in [0, 0.1) is 5.92 Å². The van der Waals surface area contributed by atoms with Gasteiger partial charge in [0.05, 0.1) is 17.0 Å². The molecule has 3 N–H and O–H groups in total. The predicted octanol–water partition coefficient (Wildman–Crippen LogP) is 2.20. The van der Waals surface area contributed by atoms with Crippen LogP contribution in [-0.2, 0) is 26.1 Å². The Kier molecular flexibility index (Phi) is 7.28. The van der Waals surface area contributed by atoms with Gasteiger partial charge in [-0.3, -0.25) is 14.7 Å². The van der Waals surface area contributed by atoms with Crippen molar-refractivity contribution in [3.05, 3.63) is 65.4 Å². The molecule has 6 rings (SSSR count). The molecule has 1 amide bonds. The first-order valence-corrected chi connectivity index (χ1v) is 13.0. The summed E-state index contributed by atoms with van der Waals surface area (Å²) in [6.45, 7) is 2.87. The molecule has 1 aromatic heterocycles. The van der Waals surface area contributed by atoms with E-state index in [1.165, 1.54) is 0 Å². The lowest BCUT2D eigenvalue weighted by Gasteiger charge is -2.44. The lowest BCUT2D eigenvalue weighted by molar-refractivity contribution is -0.122. The molecule has 0 aliphatic carbocycles. The van der Waals surface area contributed by atoms with Crippen molar-refractivity contribution < 1.29 is 23.1 Å². The fourth-order valence-corrected chi connectivity index (χ4v) is 6.31. The van der Waals surface area contributed by atoms with Gasteiger partial charge in [-0.2, -0.15) is 5.10 Å². The minimum atomic E-state index is -3.34. The highest BCUT2D eigenvalue weighted by Crippen LogP contribution is 2.28. The minimum Gasteiger partial charge on any atom is -0.483 e. The van der Waals surface area contributed by atoms with E-state index in [9.17, 15) is 13.2 Å². The first kappa shape index (κ1) is 23.9. The Bertz CT molecular complexity index is 1250. The molecule has 180 valence electrons. The maximum absolute atomic E-state index is 13.0. The number of aromatic nitrogens is 2. The molecule has 0 spiro atoms. The van der Waals surface area contributed by atoms with E-state index < -0.39 is 9.84 Å². The summed E-state index contributed by atoms with van der Waals surface area (Å²) in [5.74, 6) is 0.237. The summed E-state index contributed by atoms with van der Waals surface area (Å²) in [6.07, 6.45) is 2.24. The fraction of sp³-hybridized carbons (Fsp3) is 0.375. The van der Waals surface area contributed by atoms with E-state index in [1.807, 2.05) is 30.3 Å². The zero-order valence-corrected chi connectivity index (χ0v) is 19.5. The smallest absolute Gasteiger partial charge is 0.290 e. The average Bonchev–Trinajstić information content (AvgIpc) is 3.24. The maximum atomic E-state index is 13.0. The Labute approximate surface area is 198 Å². The van der Waals surface area contributed by atoms with Gasteiger partial charge in [-0.05, 0) is 55.1 Å². The van der Waals surface area contributed by atoms with E-state index in [1.54, 1.807) is 18.2 Å². The van der Waals surface area contributed by atoms with Crippen LogP contribution in [0.3, 0.4) is 0 Å². The highest BCUT2D eigenvalue weighted by molar-refractivity contribution is 7.89. The monoisotopic (exact) mass is 484 g/mol. The summed E-state index contributed by atoms with van der Waals surface area (Å²) in [7, 11) is -3.34. The van der Waals surface area contributed by atoms with E-state index in [0.717, 1.165) is 43.6 Å². The average molecular weight is 485 g/mol. The van der Waals surface area contributed by atoms with Crippen LogP contribution in [0.2, 0.25) is 0 Å². The second kappa shape index (κ2) is 10.4. The molecular weight excluding hydrogens is 456 g/mol. The van der Waals surface area contributed by atoms with Gasteiger partial charge in [0.1, 0.15) is 0 Å². The van der Waals surface area contributed by atoms with Gasteiger partial charge in [0.15, 0.2) is 15.5 Å². The van der Waals surface area contributed by atoms with Crippen LogP contribution in [-0.4, -0.2) is 66.7 Å². The van der Waals surface area contributed by atoms with Crippen LogP contribution >= 0.6 is 0 Å². The van der Waals surface area contributed by atoms with Gasteiger partial charge >= 0.3 is 0 Å². The van der Waals surface area contributed by atoms with Crippen molar-refractivity contribution in [3.63, 3.8) is 0 Å². The van der Waals surface area contributed by atoms with E-state index in [2.05, 4.69) is 20.4 Å². The Morgan fingerprint density at radius 2 is 1.79 bits per heavy atom. The number of rotatable bonds is 6. The molecule has 0 radical (unpaired) electrons. The number of carbonyl (C=O) groups is 2. The lowest BCUT2D eigenvalue weighted by Crippen LogP contribution is -2.57. The number of nitrogens with zero attached hydrogens (tertiary/aromatic N) is 2. The van der Waals surface area contributed by atoms with E-state index >= 15 is 0 Å². The molecule has 0 saturated carbocycles. The number of fused-ring (bicyclic) bond motifs is 4. The van der Waals surface area contributed by atoms with Crippen LogP contribution in [0.25, 0.3) is 10.9 Å². The van der Waals surface area contributed by atoms with Gasteiger partial charge in [-0.25, -0.2) is 8.42 Å². The van der Waals surface area contributed by atoms with Crippen LogP contribution in [0.1, 0.15) is 34.5 Å². The Morgan fingerprint density at radius 3 is 2.44 bits per heavy atom. The molecule has 3 fully saturated rings. The zero-order chi connectivity index (χ0) is 24.1. The van der Waals surface area contributed by atoms with Crippen molar-refractivity contribution in [2.45, 2.75) is 30.4 Å². The SMILES string of the molecule is O=C(N[C@@H]1CN2CCC1CC2)c1n[nH]c2ccc(CS(=O)(=O)Cc3ccccc3)cc12.O=CO. The number of amides is 1. The summed E-state index contributed by atoms with van der Waals surface area (Å²) in [6, 6.07) is 14.7. The molecule has 10 heteroatoms. The Morgan fingerprint density at radius 1 is 1.12 bits per heavy atom. The predicted molar refractivity (Wildman–Crippen MR) is 128 cm³/mol. The summed E-state index contributed by atoms with van der Waals surface area (Å²) >= 11 is 0. The number of hydrogen-bond donors (Lipinski definition) is 3. The van der Waals surface area contributed by atoms with Crippen LogP contribution in [0.15, 0.2) is 48.5 Å². The highest BCUT2D eigenvalue weighted by atomic mass is 32.2. The first-order valence-electron chi connectivity index (χ1n) is 11.2. The second-order valence-corrected chi connectivity index (χ2v) is 10.9. The van der Waals surface area contributed by atoms with Crippen LogP contribution in [0.4, 0.5) is 0 Å². The number of H-pyrrole nitrogens is 1. The zero-order valence-electron chi connectivity index (χ0n) is 18.7. The number of nitrogens with one attached hydrogen (secondary N) is 2. The van der Waals surface area contributed by atoms with Crippen LogP contribution < -0.4 is 5.32 Å². The highest BCUT2D eigenvalue weighted by Gasteiger charge is 2.35. The second-order valence-electron chi connectivity index (χ2n) is 8.79. The molecule has 9 nitrogen and oxygen atoms in total. The number of piperidine rings is 3. The summed E-state index contributed by atoms with van der Waals surface area (Å²) in [5.41, 5.74) is 2.48. The third kappa shape index (κ3) is 5.63. The van der Waals surface area contributed by atoms with E-state index in [0.29, 0.717) is 22.6 Å². The Balaban J connectivity index is 0.000000868. The lowest BCUT2D eigenvalue weighted by atomic mass is 9.84. The minimum absolute atomic E-state index is 0.00975. The van der Waals surface area contributed by atoms with Crippen LogP contribution in [0.5, 0.6) is 0 Å². The van der Waals surface area contributed by atoms with Crippen molar-refractivity contribution in [2.24, 2.45) is 5.92 Å². The van der Waals surface area contributed by atoms with Crippen molar-refractivity contribution in [3.8, 4) is 0 Å². The molecule has 3 aromatic rings. The number of hydrogen-bond acceptors (Lipinski definition) is 6. The summed E-state index contributed by atoms with van der Waals surface area (Å²) < 4.78 is 25.4. The number of carboxylic acid groups (broad SMARTS) is 1. The third-order valence-corrected chi connectivity index (χ3v) is 7.98. The van der Waals surface area contributed by atoms with E-state index in [4.69, 9.17) is 9.90 Å². The summed E-state index contributed by atoms with van der Waals surface area (Å²) in [5, 5.41) is 17.8. The maximum Gasteiger partial charge on any atom is 0.290 e. The number of sulfone groups is 1. The molecule has 1 atom stereocenters. The molecule has 34 heavy (non-hydrogen) atoms. The summed E-state index contributed by atoms with van der Waals surface area (Å²) in [4.78, 5) is 23.7. The molecule has 2 bridgehead atoms. The largest absolute Gasteiger partial charge is 0.483 e. The number of benzene rings is 2. The van der Waals surface area contributed by atoms with Crippen molar-refractivity contribution in [1.82, 2.24) is 20.4 Å². The molecule has 4 heterocycles. The van der Waals surface area contributed by atoms with Gasteiger partial charge in [0.25, 0.3) is 12.4 Å². The molecule has 3 saturated heterocycles. The standard InChI is InChI=1S/C23H26N4O3S.CH2O2/c28-23(24-21-13-27-10-8-18(21)9-11-27)22-19-12-17(6-7-20(19)25-26-22)15-31(29,30)14-16-4-2-1-3-5-16;2-1-3/h1-7,12,18,21H,8-11,13-15H2,(H,24,28)(H,25,26);1H,(H,2,3)/t21-;/m1./s1. The van der Waals surface area contributed by atoms with Gasteiger partial charge < -0.3 is 15.3 Å². The topological polar surface area (TPSA) is 132 Å². The first-order chi connectivity index (χ1) is 16.4. The molecule has 3 aliphatic heterocycles. The quantitative estimate of drug-likeness (QED) is 0.457. The van der Waals surface area contributed by atoms with Gasteiger partial charge in [0.2, 0.25) is 0 Å².